The molecule has 3 nitrogen and oxygen atoms in total. The molecule has 0 fully saturated rings. The van der Waals surface area contributed by atoms with Crippen LogP contribution in [0.5, 0.6) is 0 Å². The molecule has 0 aromatic carbocycles. The van der Waals surface area contributed by atoms with Crippen LogP contribution in [-0.4, -0.2) is 40.0 Å². The standard InChI is InChI=1S/C15H29NO2Si2/c1-9-16(10-2)14(17)13-12(19(3,4)5)11-18-15(13)20(6,7)8/h11H,9-10H2,1-8H3. The molecule has 0 atom stereocenters. The lowest BCUT2D eigenvalue weighted by atomic mass is 10.3. The lowest BCUT2D eigenvalue weighted by Gasteiger charge is -2.24. The van der Waals surface area contributed by atoms with Crippen molar-refractivity contribution in [2.24, 2.45) is 0 Å². The van der Waals surface area contributed by atoms with Crippen molar-refractivity contribution in [3.63, 3.8) is 0 Å². The fourth-order valence-corrected chi connectivity index (χ4v) is 5.25. The molecular weight excluding hydrogens is 282 g/mol. The minimum absolute atomic E-state index is 0.151. The molecule has 1 heterocycles. The molecular formula is C15H29NO2Si2. The summed E-state index contributed by atoms with van der Waals surface area (Å²) in [6.45, 7) is 19.1. The fourth-order valence-electron chi connectivity index (χ4n) is 2.34. The topological polar surface area (TPSA) is 33.5 Å². The molecule has 0 aliphatic heterocycles. The van der Waals surface area contributed by atoms with Crippen molar-refractivity contribution >= 4 is 32.6 Å². The summed E-state index contributed by atoms with van der Waals surface area (Å²) >= 11 is 0. The maximum atomic E-state index is 12.9. The van der Waals surface area contributed by atoms with Crippen molar-refractivity contribution in [3.8, 4) is 0 Å². The van der Waals surface area contributed by atoms with Gasteiger partial charge in [-0.15, -0.1) is 0 Å². The maximum Gasteiger partial charge on any atom is 0.256 e. The molecule has 0 saturated carbocycles. The first kappa shape index (κ1) is 17.2. The second kappa shape index (κ2) is 5.89. The van der Waals surface area contributed by atoms with Crippen molar-refractivity contribution in [2.45, 2.75) is 53.1 Å². The van der Waals surface area contributed by atoms with Gasteiger partial charge in [-0.05, 0) is 19.0 Å². The van der Waals surface area contributed by atoms with Gasteiger partial charge in [0.2, 0.25) is 0 Å². The molecule has 0 spiro atoms. The van der Waals surface area contributed by atoms with Crippen LogP contribution in [-0.2, 0) is 0 Å². The highest BCUT2D eigenvalue weighted by Crippen LogP contribution is 2.14. The van der Waals surface area contributed by atoms with Crippen LogP contribution in [0, 0.1) is 0 Å². The average Bonchev–Trinajstić information content (AvgIpc) is 2.73. The minimum atomic E-state index is -1.66. The summed E-state index contributed by atoms with van der Waals surface area (Å²) in [4.78, 5) is 14.8. The Labute approximate surface area is 125 Å². The molecule has 0 aliphatic rings. The molecule has 0 unspecified atom stereocenters. The first-order chi connectivity index (χ1) is 9.04. The van der Waals surface area contributed by atoms with Crippen molar-refractivity contribution in [1.29, 1.82) is 0 Å². The Kier molecular flexibility index (Phi) is 5.08. The van der Waals surface area contributed by atoms with E-state index in [-0.39, 0.29) is 5.91 Å². The van der Waals surface area contributed by atoms with Gasteiger partial charge in [0.15, 0.2) is 0 Å². The predicted octanol–water partition coefficient (Wildman–Crippen LogP) is 2.85. The number of carbonyl (C=O) groups is 1. The van der Waals surface area contributed by atoms with Gasteiger partial charge < -0.3 is 9.32 Å². The van der Waals surface area contributed by atoms with Crippen LogP contribution in [0.2, 0.25) is 39.3 Å². The van der Waals surface area contributed by atoms with Gasteiger partial charge >= 0.3 is 0 Å². The van der Waals surface area contributed by atoms with Crippen LogP contribution < -0.4 is 10.6 Å². The summed E-state index contributed by atoms with van der Waals surface area (Å²) in [6, 6.07) is 0. The Morgan fingerprint density at radius 2 is 1.55 bits per heavy atom. The Hall–Kier alpha value is -0.816. The molecule has 0 bridgehead atoms. The molecule has 0 radical (unpaired) electrons. The fraction of sp³-hybridized carbons (Fsp3) is 0.667. The zero-order valence-corrected chi connectivity index (χ0v) is 16.3. The van der Waals surface area contributed by atoms with Crippen molar-refractivity contribution in [3.05, 3.63) is 11.8 Å². The predicted molar refractivity (Wildman–Crippen MR) is 91.9 cm³/mol. The van der Waals surface area contributed by atoms with Crippen LogP contribution in [0.15, 0.2) is 10.7 Å². The van der Waals surface area contributed by atoms with E-state index < -0.39 is 16.1 Å². The lowest BCUT2D eigenvalue weighted by Crippen LogP contribution is -2.49. The SMILES string of the molecule is CCN(CC)C(=O)c1c([Si](C)(C)C)coc1[Si](C)(C)C. The quantitative estimate of drug-likeness (QED) is 0.784. The van der Waals surface area contributed by atoms with Crippen LogP contribution in [0.4, 0.5) is 0 Å². The second-order valence-electron chi connectivity index (χ2n) is 7.33. The second-order valence-corrected chi connectivity index (χ2v) is 17.3. The molecule has 114 valence electrons. The average molecular weight is 312 g/mol. The van der Waals surface area contributed by atoms with Crippen LogP contribution in [0.1, 0.15) is 24.2 Å². The molecule has 0 N–H and O–H groups in total. The summed E-state index contributed by atoms with van der Waals surface area (Å²) in [5, 5.41) is 2.14. The van der Waals surface area contributed by atoms with E-state index in [0.717, 1.165) is 24.0 Å². The largest absolute Gasteiger partial charge is 0.474 e. The molecule has 0 saturated heterocycles. The van der Waals surface area contributed by atoms with Gasteiger partial charge in [0.05, 0.1) is 25.3 Å². The van der Waals surface area contributed by atoms with E-state index in [4.69, 9.17) is 4.42 Å². The highest BCUT2D eigenvalue weighted by molar-refractivity contribution is 6.92. The van der Waals surface area contributed by atoms with Gasteiger partial charge in [-0.3, -0.25) is 4.79 Å². The molecule has 1 rings (SSSR count). The maximum absolute atomic E-state index is 12.9. The third kappa shape index (κ3) is 3.44. The Bertz CT molecular complexity index is 446. The van der Waals surface area contributed by atoms with E-state index in [1.54, 1.807) is 0 Å². The summed E-state index contributed by atoms with van der Waals surface area (Å²) in [5.74, 6) is 0.151. The van der Waals surface area contributed by atoms with E-state index in [1.165, 1.54) is 5.19 Å². The smallest absolute Gasteiger partial charge is 0.256 e. The minimum Gasteiger partial charge on any atom is -0.474 e. The highest BCUT2D eigenvalue weighted by atomic mass is 28.3. The zero-order valence-electron chi connectivity index (χ0n) is 14.3. The first-order valence-electron chi connectivity index (χ1n) is 7.45. The number of nitrogens with zero attached hydrogens (tertiary/aromatic N) is 1. The van der Waals surface area contributed by atoms with Crippen molar-refractivity contribution in [2.75, 3.05) is 13.1 Å². The Morgan fingerprint density at radius 3 is 1.90 bits per heavy atom. The first-order valence-corrected chi connectivity index (χ1v) is 14.5. The summed E-state index contributed by atoms with van der Waals surface area (Å²) in [7, 11) is -3.25. The number of rotatable bonds is 5. The monoisotopic (exact) mass is 311 g/mol. The molecule has 0 aliphatic carbocycles. The molecule has 1 aromatic heterocycles. The lowest BCUT2D eigenvalue weighted by molar-refractivity contribution is 0.0775. The van der Waals surface area contributed by atoms with E-state index in [0.29, 0.717) is 0 Å². The van der Waals surface area contributed by atoms with E-state index >= 15 is 0 Å². The summed E-state index contributed by atoms with van der Waals surface area (Å²) < 4.78 is 5.90. The molecule has 1 aromatic rings. The van der Waals surface area contributed by atoms with Crippen LogP contribution >= 0.6 is 0 Å². The summed E-state index contributed by atoms with van der Waals surface area (Å²) in [5.41, 5.74) is 0.882. The molecule has 5 heteroatoms. The zero-order chi connectivity index (χ0) is 15.7. The number of carbonyl (C=O) groups excluding carboxylic acids is 1. The summed E-state index contributed by atoms with van der Waals surface area (Å²) in [6.07, 6.45) is 1.86. The number of hydrogen-bond acceptors (Lipinski definition) is 2. The van der Waals surface area contributed by atoms with Gasteiger partial charge in [0.1, 0.15) is 8.07 Å². The molecule has 1 amide bonds. The number of furan rings is 1. The van der Waals surface area contributed by atoms with E-state index in [9.17, 15) is 4.79 Å². The van der Waals surface area contributed by atoms with Crippen molar-refractivity contribution in [1.82, 2.24) is 4.90 Å². The number of amides is 1. The van der Waals surface area contributed by atoms with Gasteiger partial charge in [0.25, 0.3) is 5.91 Å². The van der Waals surface area contributed by atoms with Gasteiger partial charge in [-0.1, -0.05) is 39.3 Å². The molecule has 20 heavy (non-hydrogen) atoms. The third-order valence-corrected chi connectivity index (χ3v) is 7.26. The van der Waals surface area contributed by atoms with Gasteiger partial charge in [-0.2, -0.15) is 0 Å². The Balaban J connectivity index is 3.47. The number of hydrogen-bond donors (Lipinski definition) is 0. The third-order valence-electron chi connectivity index (χ3n) is 3.54. The van der Waals surface area contributed by atoms with Gasteiger partial charge in [-0.25, -0.2) is 0 Å². The van der Waals surface area contributed by atoms with Crippen LogP contribution in [0.25, 0.3) is 0 Å². The Morgan fingerprint density at radius 1 is 1.05 bits per heavy atom. The van der Waals surface area contributed by atoms with Gasteiger partial charge in [0, 0.05) is 13.1 Å². The van der Waals surface area contributed by atoms with Crippen LogP contribution in [0.3, 0.4) is 0 Å². The highest BCUT2D eigenvalue weighted by Gasteiger charge is 2.35. The van der Waals surface area contributed by atoms with Crippen molar-refractivity contribution < 1.29 is 9.21 Å². The normalized spacial score (nSPS) is 12.6. The van der Waals surface area contributed by atoms with E-state index in [2.05, 4.69) is 39.3 Å². The van der Waals surface area contributed by atoms with E-state index in [1.807, 2.05) is 25.0 Å².